The Morgan fingerprint density at radius 3 is 2.56 bits per heavy atom. The molecule has 134 valence electrons. The van der Waals surface area contributed by atoms with Crippen molar-refractivity contribution >= 4 is 28.9 Å². The van der Waals surface area contributed by atoms with Gasteiger partial charge in [-0.25, -0.2) is 4.79 Å². The second-order valence-electron chi connectivity index (χ2n) is 6.68. The van der Waals surface area contributed by atoms with Crippen molar-refractivity contribution in [1.29, 1.82) is 0 Å². The zero-order valence-corrected chi connectivity index (χ0v) is 15.9. The van der Waals surface area contributed by atoms with Gasteiger partial charge < -0.3 is 14.8 Å². The summed E-state index contributed by atoms with van der Waals surface area (Å²) < 4.78 is 10.5. The quantitative estimate of drug-likeness (QED) is 0.809. The Morgan fingerprint density at radius 2 is 1.92 bits per heavy atom. The number of esters is 1. The zero-order chi connectivity index (χ0) is 18.6. The molecular weight excluding hydrogens is 338 g/mol. The molecule has 0 saturated heterocycles. The van der Waals surface area contributed by atoms with E-state index in [-0.39, 0.29) is 11.3 Å². The van der Waals surface area contributed by atoms with Gasteiger partial charge in [-0.1, -0.05) is 32.9 Å². The van der Waals surface area contributed by atoms with Crippen LogP contribution in [0.25, 0.3) is 0 Å². The summed E-state index contributed by atoms with van der Waals surface area (Å²) in [6.45, 7) is 8.02. The van der Waals surface area contributed by atoms with E-state index in [0.717, 1.165) is 5.56 Å². The van der Waals surface area contributed by atoms with Crippen molar-refractivity contribution in [2.45, 2.75) is 39.2 Å². The monoisotopic (exact) mass is 361 g/mol. The van der Waals surface area contributed by atoms with Crippen molar-refractivity contribution in [1.82, 2.24) is 0 Å². The van der Waals surface area contributed by atoms with Crippen molar-refractivity contribution in [2.24, 2.45) is 0 Å². The van der Waals surface area contributed by atoms with E-state index in [9.17, 15) is 9.59 Å². The summed E-state index contributed by atoms with van der Waals surface area (Å²) in [5, 5.41) is 4.44. The summed E-state index contributed by atoms with van der Waals surface area (Å²) in [5.74, 6) is -0.171. The second kappa shape index (κ2) is 7.70. The number of hydrogen-bond acceptors (Lipinski definition) is 5. The predicted octanol–water partition coefficient (Wildman–Crippen LogP) is 4.24. The highest BCUT2D eigenvalue weighted by Gasteiger charge is 2.21. The van der Waals surface area contributed by atoms with Crippen molar-refractivity contribution in [3.8, 4) is 5.75 Å². The molecule has 25 heavy (non-hydrogen) atoms. The van der Waals surface area contributed by atoms with Crippen LogP contribution in [0.4, 0.5) is 5.69 Å². The molecule has 0 aliphatic carbocycles. The number of carbonyl (C=O) groups excluding carboxylic acids is 2. The van der Waals surface area contributed by atoms with E-state index in [1.165, 1.54) is 18.4 Å². The van der Waals surface area contributed by atoms with Crippen LogP contribution in [0.15, 0.2) is 35.7 Å². The van der Waals surface area contributed by atoms with Crippen LogP contribution >= 0.6 is 11.3 Å². The van der Waals surface area contributed by atoms with Crippen molar-refractivity contribution in [2.75, 3.05) is 12.4 Å². The van der Waals surface area contributed by atoms with Gasteiger partial charge in [-0.2, -0.15) is 0 Å². The van der Waals surface area contributed by atoms with Gasteiger partial charge in [-0.05, 0) is 41.5 Å². The van der Waals surface area contributed by atoms with E-state index in [2.05, 4.69) is 26.1 Å². The van der Waals surface area contributed by atoms with E-state index in [0.29, 0.717) is 16.3 Å². The Hall–Kier alpha value is -2.34. The lowest BCUT2D eigenvalue weighted by molar-refractivity contribution is -0.122. The molecule has 1 N–H and O–H groups in total. The van der Waals surface area contributed by atoms with Crippen LogP contribution in [-0.4, -0.2) is 25.1 Å². The number of amides is 1. The summed E-state index contributed by atoms with van der Waals surface area (Å²) in [6.07, 6.45) is -0.708. The van der Waals surface area contributed by atoms with E-state index >= 15 is 0 Å². The summed E-state index contributed by atoms with van der Waals surface area (Å²) in [4.78, 5) is 24.4. The van der Waals surface area contributed by atoms with Crippen LogP contribution < -0.4 is 10.1 Å². The van der Waals surface area contributed by atoms with Gasteiger partial charge in [0.05, 0.1) is 12.8 Å². The molecular formula is C19H23NO4S. The molecule has 0 saturated carbocycles. The fraction of sp³-hybridized carbons (Fsp3) is 0.368. The third-order valence-corrected chi connectivity index (χ3v) is 4.57. The average Bonchev–Trinajstić information content (AvgIpc) is 3.01. The predicted molar refractivity (Wildman–Crippen MR) is 99.5 cm³/mol. The average molecular weight is 361 g/mol. The maximum absolute atomic E-state index is 12.4. The minimum Gasteiger partial charge on any atom is -0.481 e. The molecule has 2 aromatic rings. The summed E-state index contributed by atoms with van der Waals surface area (Å²) in [6, 6.07) is 9.37. The third-order valence-electron chi connectivity index (χ3n) is 3.68. The van der Waals surface area contributed by atoms with Crippen molar-refractivity contribution in [3.05, 3.63) is 46.2 Å². The fourth-order valence-corrected chi connectivity index (χ4v) is 2.95. The van der Waals surface area contributed by atoms with Gasteiger partial charge in [0.15, 0.2) is 6.10 Å². The summed E-state index contributed by atoms with van der Waals surface area (Å²) >= 11 is 1.21. The standard InChI is InChI=1S/C19H23NO4S/c1-12(24-14-8-6-7-13(11-14)19(2,3)4)17(21)20-15-9-10-25-16(15)18(22)23-5/h6-12H,1-5H3,(H,20,21). The van der Waals surface area contributed by atoms with E-state index in [4.69, 9.17) is 9.47 Å². The minimum atomic E-state index is -0.708. The molecule has 0 fully saturated rings. The Balaban J connectivity index is 2.06. The van der Waals surface area contributed by atoms with Gasteiger partial charge in [0, 0.05) is 0 Å². The van der Waals surface area contributed by atoms with Crippen LogP contribution in [0.2, 0.25) is 0 Å². The molecule has 1 amide bonds. The topological polar surface area (TPSA) is 64.6 Å². The van der Waals surface area contributed by atoms with E-state index < -0.39 is 12.1 Å². The van der Waals surface area contributed by atoms with Crippen LogP contribution in [0.5, 0.6) is 5.75 Å². The molecule has 0 aliphatic heterocycles. The molecule has 6 heteroatoms. The molecule has 0 bridgehead atoms. The molecule has 1 atom stereocenters. The molecule has 5 nitrogen and oxygen atoms in total. The smallest absolute Gasteiger partial charge is 0.350 e. The first-order valence-electron chi connectivity index (χ1n) is 7.96. The van der Waals surface area contributed by atoms with Gasteiger partial charge >= 0.3 is 5.97 Å². The highest BCUT2D eigenvalue weighted by Crippen LogP contribution is 2.27. The lowest BCUT2D eigenvalue weighted by Crippen LogP contribution is -2.30. The van der Waals surface area contributed by atoms with Crippen LogP contribution in [-0.2, 0) is 14.9 Å². The van der Waals surface area contributed by atoms with Gasteiger partial charge in [-0.15, -0.1) is 11.3 Å². The van der Waals surface area contributed by atoms with E-state index in [1.807, 2.05) is 24.3 Å². The number of nitrogens with one attached hydrogen (secondary N) is 1. The van der Waals surface area contributed by atoms with Gasteiger partial charge in [0.2, 0.25) is 0 Å². The summed E-state index contributed by atoms with van der Waals surface area (Å²) in [7, 11) is 1.31. The van der Waals surface area contributed by atoms with Crippen LogP contribution in [0.3, 0.4) is 0 Å². The Morgan fingerprint density at radius 1 is 1.20 bits per heavy atom. The number of carbonyl (C=O) groups is 2. The van der Waals surface area contributed by atoms with Gasteiger partial charge in [0.25, 0.3) is 5.91 Å². The van der Waals surface area contributed by atoms with Crippen molar-refractivity contribution < 1.29 is 19.1 Å². The Labute approximate surface area is 152 Å². The largest absolute Gasteiger partial charge is 0.481 e. The Bertz CT molecular complexity index is 761. The van der Waals surface area contributed by atoms with Crippen LogP contribution in [0.1, 0.15) is 42.9 Å². The van der Waals surface area contributed by atoms with E-state index in [1.54, 1.807) is 18.4 Å². The Kier molecular flexibility index (Phi) is 5.85. The molecule has 0 aliphatic rings. The number of hydrogen-bond donors (Lipinski definition) is 1. The number of rotatable bonds is 5. The molecule has 0 radical (unpaired) electrons. The number of thiophene rings is 1. The number of methoxy groups -OCH3 is 1. The first-order chi connectivity index (χ1) is 11.7. The molecule has 1 aromatic carbocycles. The fourth-order valence-electron chi connectivity index (χ4n) is 2.19. The first-order valence-corrected chi connectivity index (χ1v) is 8.84. The zero-order valence-electron chi connectivity index (χ0n) is 15.1. The SMILES string of the molecule is COC(=O)c1sccc1NC(=O)C(C)Oc1cccc(C(C)(C)C)c1. The molecule has 0 spiro atoms. The highest BCUT2D eigenvalue weighted by molar-refractivity contribution is 7.12. The maximum atomic E-state index is 12.4. The summed E-state index contributed by atoms with van der Waals surface area (Å²) in [5.41, 5.74) is 1.56. The third kappa shape index (κ3) is 4.82. The van der Waals surface area contributed by atoms with Crippen molar-refractivity contribution in [3.63, 3.8) is 0 Å². The normalized spacial score (nSPS) is 12.4. The second-order valence-corrected chi connectivity index (χ2v) is 7.60. The maximum Gasteiger partial charge on any atom is 0.350 e. The number of anilines is 1. The van der Waals surface area contributed by atoms with Gasteiger partial charge in [-0.3, -0.25) is 4.79 Å². The number of ether oxygens (including phenoxy) is 2. The minimum absolute atomic E-state index is 0.00302. The highest BCUT2D eigenvalue weighted by atomic mass is 32.1. The first kappa shape index (κ1) is 19.0. The number of benzene rings is 1. The molecule has 1 unspecified atom stereocenters. The van der Waals surface area contributed by atoms with Gasteiger partial charge in [0.1, 0.15) is 10.6 Å². The molecule has 1 heterocycles. The lowest BCUT2D eigenvalue weighted by Gasteiger charge is -2.21. The van der Waals surface area contributed by atoms with Crippen LogP contribution in [0, 0.1) is 0 Å². The molecule has 1 aromatic heterocycles. The lowest BCUT2D eigenvalue weighted by atomic mass is 9.87. The molecule has 2 rings (SSSR count).